The van der Waals surface area contributed by atoms with Crippen LogP contribution in [0.15, 0.2) is 291 Å². The zero-order valence-corrected chi connectivity index (χ0v) is 66.9. The molecule has 0 atom stereocenters. The van der Waals surface area contributed by atoms with Crippen LogP contribution in [0.1, 0.15) is 49.3 Å². The van der Waals surface area contributed by atoms with Gasteiger partial charge in [-0.25, -0.2) is 38.8 Å². The van der Waals surface area contributed by atoms with Crippen molar-refractivity contribution in [3.63, 3.8) is 0 Å². The number of aryl methyl sites for hydroxylation is 2. The van der Waals surface area contributed by atoms with Crippen LogP contribution >= 0.6 is 23.2 Å². The number of alkyl halides is 12. The first-order valence-electron chi connectivity index (χ1n) is 38.1. The molecule has 4 aliphatic rings. The number of carbonyl (C=O) groups excluding carboxylic acids is 9. The van der Waals surface area contributed by atoms with Gasteiger partial charge in [0.1, 0.15) is 49.2 Å². The summed E-state index contributed by atoms with van der Waals surface area (Å²) >= 11 is 11.7. The zero-order valence-electron chi connectivity index (χ0n) is 65.4. The predicted molar refractivity (Wildman–Crippen MR) is 446 cm³/mol. The molecule has 0 aliphatic carbocycles. The number of anilines is 8. The first-order valence-corrected chi connectivity index (χ1v) is 38.8. The van der Waals surface area contributed by atoms with Crippen LogP contribution in [0.3, 0.4) is 0 Å². The summed E-state index contributed by atoms with van der Waals surface area (Å²) < 4.78 is 192. The average molecular weight is 1770 g/mol. The largest absolute Gasteiger partial charge is 0.457 e. The van der Waals surface area contributed by atoms with Crippen LogP contribution < -0.4 is 48.7 Å². The highest BCUT2D eigenvalue weighted by molar-refractivity contribution is 6.32. The van der Waals surface area contributed by atoms with Gasteiger partial charge in [0.15, 0.2) is 5.78 Å². The molecule has 0 unspecified atom stereocenters. The molecule has 4 saturated heterocycles. The fourth-order valence-electron chi connectivity index (χ4n) is 15.2. The van der Waals surface area contributed by atoms with Crippen LogP contribution in [0.2, 0.25) is 10.0 Å². The molecule has 0 spiro atoms. The van der Waals surface area contributed by atoms with Gasteiger partial charge >= 0.3 is 48.8 Å². The van der Waals surface area contributed by atoms with Crippen molar-refractivity contribution in [2.75, 3.05) is 65.4 Å². The summed E-state index contributed by atoms with van der Waals surface area (Å²) in [7, 11) is 0. The number of hydrogen-bond acceptors (Lipinski definition) is 11. The Morgan fingerprint density at radius 2 is 0.548 bits per heavy atom. The van der Waals surface area contributed by atoms with E-state index in [4.69, 9.17) is 32.7 Å². The van der Waals surface area contributed by atoms with Crippen LogP contribution in [0, 0.1) is 13.8 Å². The summed E-state index contributed by atoms with van der Waals surface area (Å²) in [5.74, 6) is -0.866. The van der Waals surface area contributed by atoms with E-state index in [9.17, 15) is 69.5 Å². The van der Waals surface area contributed by atoms with Gasteiger partial charge in [-0.2, -0.15) is 52.7 Å². The number of ketones is 1. The highest BCUT2D eigenvalue weighted by Gasteiger charge is 2.74. The van der Waals surface area contributed by atoms with Gasteiger partial charge in [0.25, 0.3) is 23.6 Å². The van der Waals surface area contributed by atoms with E-state index in [-0.39, 0.29) is 34.2 Å². The minimum Gasteiger partial charge on any atom is -0.457 e. The third kappa shape index (κ3) is 16.1. The second-order valence-electron chi connectivity index (χ2n) is 29.3. The second-order valence-corrected chi connectivity index (χ2v) is 30.1. The molecule has 19 nitrogen and oxygen atoms in total. The lowest BCUT2D eigenvalue weighted by Crippen LogP contribution is -2.54. The highest BCUT2D eigenvalue weighted by Crippen LogP contribution is 2.59. The molecule has 4 heterocycles. The summed E-state index contributed by atoms with van der Waals surface area (Å²) in [6, 6.07) is 61.1. The smallest absolute Gasteiger partial charge is 0.411 e. The Bertz CT molecular complexity index is 6080. The van der Waals surface area contributed by atoms with E-state index in [0.29, 0.717) is 140 Å². The number of rotatable bonds is 19. The molecule has 12 amide bonds. The maximum absolute atomic E-state index is 15.2. The van der Waals surface area contributed by atoms with Crippen molar-refractivity contribution in [2.24, 2.45) is 0 Å². The van der Waals surface area contributed by atoms with Crippen molar-refractivity contribution < 1.29 is 105 Å². The van der Waals surface area contributed by atoms with E-state index in [1.54, 1.807) is 109 Å². The number of imide groups is 4. The Morgan fingerprint density at radius 3 is 0.841 bits per heavy atom. The fourth-order valence-corrected chi connectivity index (χ4v) is 15.5. The van der Waals surface area contributed by atoms with Gasteiger partial charge in [-0.3, -0.25) is 43.6 Å². The van der Waals surface area contributed by atoms with Crippen LogP contribution in [-0.4, -0.2) is 104 Å². The number of benzene rings is 12. The van der Waals surface area contributed by atoms with Gasteiger partial charge in [-0.1, -0.05) is 132 Å². The van der Waals surface area contributed by atoms with Crippen molar-refractivity contribution in [2.45, 2.75) is 49.4 Å². The van der Waals surface area contributed by atoms with Crippen molar-refractivity contribution >= 4 is 122 Å². The summed E-state index contributed by atoms with van der Waals surface area (Å²) in [5, 5.41) is 0.723. The number of nitrogens with zero attached hydrogens (tertiary/aromatic N) is 8. The normalized spacial score (nSPS) is 14.9. The molecular formula is C93H62Cl2F12N8O11. The van der Waals surface area contributed by atoms with Gasteiger partial charge < -0.3 is 9.47 Å². The van der Waals surface area contributed by atoms with Crippen LogP contribution in [-0.2, 0) is 30.0 Å². The van der Waals surface area contributed by atoms with Crippen LogP contribution in [0.25, 0.3) is 11.1 Å². The van der Waals surface area contributed by atoms with E-state index in [1.165, 1.54) is 48.5 Å². The molecule has 4 aliphatic heterocycles. The van der Waals surface area contributed by atoms with Gasteiger partial charge in [-0.15, -0.1) is 0 Å². The molecule has 638 valence electrons. The Kier molecular flexibility index (Phi) is 23.0. The first kappa shape index (κ1) is 86.4. The Labute approximate surface area is 718 Å². The maximum Gasteiger partial charge on any atom is 0.411 e. The second kappa shape index (κ2) is 33.6. The third-order valence-corrected chi connectivity index (χ3v) is 22.1. The molecule has 16 rings (SSSR count). The average Bonchev–Trinajstić information content (AvgIpc) is 1.00. The summed E-state index contributed by atoms with van der Waals surface area (Å²) in [5.41, 5.74) is -10.2. The van der Waals surface area contributed by atoms with Crippen LogP contribution in [0.4, 0.5) is 117 Å². The van der Waals surface area contributed by atoms with E-state index >= 15 is 26.3 Å². The molecule has 12 aromatic rings. The number of hydrogen-bond donors (Lipinski definition) is 0. The molecule has 126 heavy (non-hydrogen) atoms. The Balaban J connectivity index is 0.000000215. The van der Waals surface area contributed by atoms with Crippen molar-refractivity contribution in [1.29, 1.82) is 0 Å². The quantitative estimate of drug-likeness (QED) is 0.0424. The Hall–Kier alpha value is -14.6. The van der Waals surface area contributed by atoms with Gasteiger partial charge in [0.2, 0.25) is 10.8 Å². The lowest BCUT2D eigenvalue weighted by atomic mass is 9.73. The highest BCUT2D eigenvalue weighted by atomic mass is 35.5. The number of amides is 12. The molecule has 33 heteroatoms. The molecular weight excluding hydrogens is 1700 g/mol. The molecule has 0 bridgehead atoms. The van der Waals surface area contributed by atoms with E-state index < -0.39 is 132 Å². The van der Waals surface area contributed by atoms with Gasteiger partial charge in [0, 0.05) is 43.9 Å². The van der Waals surface area contributed by atoms with Crippen LogP contribution in [0.5, 0.6) is 23.0 Å². The van der Waals surface area contributed by atoms with Gasteiger partial charge in [0.05, 0.1) is 22.7 Å². The molecule has 0 N–H and O–H groups in total. The summed E-state index contributed by atoms with van der Waals surface area (Å²) in [6.07, 6.45) is -23.9. The minimum absolute atomic E-state index is 0.234. The molecule has 0 aromatic heterocycles. The maximum atomic E-state index is 15.2. The van der Waals surface area contributed by atoms with E-state index in [0.717, 1.165) is 79.3 Å². The topological polar surface area (TPSA) is 198 Å². The van der Waals surface area contributed by atoms with Crippen molar-refractivity contribution in [3.05, 3.63) is 346 Å². The Morgan fingerprint density at radius 1 is 0.294 bits per heavy atom. The monoisotopic (exact) mass is 1760 g/mol. The summed E-state index contributed by atoms with van der Waals surface area (Å²) in [6.45, 7) is 1.87. The molecule has 12 aromatic carbocycles. The van der Waals surface area contributed by atoms with Crippen molar-refractivity contribution in [1.82, 2.24) is 0 Å². The number of para-hydroxylation sites is 1. The van der Waals surface area contributed by atoms with Crippen molar-refractivity contribution in [3.8, 4) is 34.1 Å². The number of carbonyl (C=O) groups is 9. The fraction of sp³-hybridized carbons (Fsp3) is 0.129. The molecule has 0 saturated carbocycles. The third-order valence-electron chi connectivity index (χ3n) is 21.6. The molecule has 0 radical (unpaired) electrons. The zero-order chi connectivity index (χ0) is 89.9. The number of urea groups is 4. The number of ether oxygens (including phenoxy) is 2. The van der Waals surface area contributed by atoms with Gasteiger partial charge in [-0.05, 0) is 241 Å². The first-order chi connectivity index (χ1) is 59.8. The summed E-state index contributed by atoms with van der Waals surface area (Å²) in [4.78, 5) is 126. The van der Waals surface area contributed by atoms with E-state index in [1.807, 2.05) is 50.2 Å². The standard InChI is InChI=1S/C60H42F6N4O7.C33H20Cl2F6N4O4/c1-37-8-20-44(21-9-37)67-35-53(71)69(56(67)74)46-24-16-42(17-25-46)58(59(61,62)63,60(64,65)66)43-18-26-47(27-19-43)70-54(72)36-68(57(70)75)45-22-12-39(13-23-45)41-11-10-38(2)52(34-41)55(73)40-14-28-49(29-15-40)77-51-32-30-50(31-33-51)76-48-6-4-3-5-7-48;34-21-5-13-23(14-6-21)42-17-27(46)44(29(42)48)25-9-1-19(2-10-25)31(32(36,37)38,33(39,40)41)20-3-11-26(12-4-20)45-28(47)18-43(30(45)49)24-15-7-22(35)8-16-24/h3-34H,35-36H2,1-2H3;1-16H,17-18H2. The van der Waals surface area contributed by atoms with E-state index in [2.05, 4.69) is 0 Å². The molecule has 4 fully saturated rings. The lowest BCUT2D eigenvalue weighted by Gasteiger charge is -2.38. The minimum atomic E-state index is -5.99. The SMILES string of the molecule is Cc1ccc(N2CC(=O)N(c3ccc(C(c4ccc(N5C(=O)CN(c6ccc(-c7ccc(C)c(C(=O)c8ccc(Oc9ccc(Oc%10ccccc%10)cc9)cc8)c7)cc6)C5=O)cc4)(C(F)(F)F)C(F)(F)F)cc3)C2=O)cc1.O=C1CN(c2ccc(Cl)cc2)C(=O)N1c1ccc(C(c2ccc(N3C(=O)CN(c4ccc(Cl)cc4)C3=O)cc2)(C(F)(F)F)C(F)(F)F)cc1. The lowest BCUT2D eigenvalue weighted by molar-refractivity contribution is -0.290. The predicted octanol–water partition coefficient (Wildman–Crippen LogP) is 22.5. The number of halogens is 14.